The van der Waals surface area contributed by atoms with Gasteiger partial charge in [0, 0.05) is 29.7 Å². The van der Waals surface area contributed by atoms with Crippen molar-refractivity contribution in [1.82, 2.24) is 24.1 Å². The van der Waals surface area contributed by atoms with Crippen molar-refractivity contribution in [3.63, 3.8) is 0 Å². The summed E-state index contributed by atoms with van der Waals surface area (Å²) in [5, 5.41) is 10.2. The number of aromatic nitrogens is 5. The van der Waals surface area contributed by atoms with Crippen LogP contribution in [0.4, 0.5) is 0 Å². The van der Waals surface area contributed by atoms with E-state index in [0.717, 1.165) is 22.3 Å². The van der Waals surface area contributed by atoms with Gasteiger partial charge in [-0.1, -0.05) is 41.6 Å². The Labute approximate surface area is 178 Å². The lowest BCUT2D eigenvalue weighted by molar-refractivity contribution is 0.210. The van der Waals surface area contributed by atoms with E-state index in [2.05, 4.69) is 21.8 Å². The SMILES string of the molecule is C=CCn1c(SCc2cn3ccccc3n2)nnc1C(C)Oc1cccc(Cl)c1. The van der Waals surface area contributed by atoms with Crippen LogP contribution >= 0.6 is 23.4 Å². The summed E-state index contributed by atoms with van der Waals surface area (Å²) in [7, 11) is 0. The number of imidazole rings is 1. The molecule has 0 aliphatic heterocycles. The summed E-state index contributed by atoms with van der Waals surface area (Å²) in [6.45, 7) is 6.40. The number of allylic oxidation sites excluding steroid dienone is 1. The molecule has 0 fully saturated rings. The van der Waals surface area contributed by atoms with Gasteiger partial charge in [0.25, 0.3) is 0 Å². The van der Waals surface area contributed by atoms with Crippen molar-refractivity contribution in [3.05, 3.63) is 84.1 Å². The van der Waals surface area contributed by atoms with Gasteiger partial charge in [-0.25, -0.2) is 4.98 Å². The Bertz CT molecular complexity index is 1110. The lowest BCUT2D eigenvalue weighted by atomic mass is 10.3. The molecule has 29 heavy (non-hydrogen) atoms. The molecule has 0 amide bonds. The van der Waals surface area contributed by atoms with Crippen LogP contribution < -0.4 is 4.74 Å². The summed E-state index contributed by atoms with van der Waals surface area (Å²) in [4.78, 5) is 4.64. The molecule has 3 heterocycles. The third-order valence-corrected chi connectivity index (χ3v) is 5.53. The minimum absolute atomic E-state index is 0.287. The average Bonchev–Trinajstić information content (AvgIpc) is 3.30. The molecule has 1 atom stereocenters. The molecular formula is C21H20ClN5OS. The highest BCUT2D eigenvalue weighted by atomic mass is 35.5. The van der Waals surface area contributed by atoms with Gasteiger partial charge in [-0.3, -0.25) is 4.57 Å². The van der Waals surface area contributed by atoms with Crippen LogP contribution in [0.3, 0.4) is 0 Å². The van der Waals surface area contributed by atoms with E-state index in [1.165, 1.54) is 0 Å². The van der Waals surface area contributed by atoms with Crippen molar-refractivity contribution < 1.29 is 4.74 Å². The number of hydrogen-bond donors (Lipinski definition) is 0. The van der Waals surface area contributed by atoms with Crippen molar-refractivity contribution in [2.45, 2.75) is 30.5 Å². The van der Waals surface area contributed by atoms with E-state index in [1.54, 1.807) is 17.8 Å². The molecule has 8 heteroatoms. The van der Waals surface area contributed by atoms with Gasteiger partial charge in [0.1, 0.15) is 11.4 Å². The molecule has 1 unspecified atom stereocenters. The van der Waals surface area contributed by atoms with E-state index in [4.69, 9.17) is 16.3 Å². The van der Waals surface area contributed by atoms with Gasteiger partial charge in [-0.2, -0.15) is 0 Å². The summed E-state index contributed by atoms with van der Waals surface area (Å²) in [6, 6.07) is 13.3. The molecule has 0 bridgehead atoms. The fourth-order valence-electron chi connectivity index (χ4n) is 3.00. The molecular weight excluding hydrogens is 406 g/mol. The van der Waals surface area contributed by atoms with Crippen molar-refractivity contribution in [3.8, 4) is 5.75 Å². The molecule has 3 aromatic heterocycles. The molecule has 4 rings (SSSR count). The van der Waals surface area contributed by atoms with Gasteiger partial charge < -0.3 is 9.14 Å². The monoisotopic (exact) mass is 425 g/mol. The first kappa shape index (κ1) is 19.5. The van der Waals surface area contributed by atoms with Crippen molar-refractivity contribution in [1.29, 1.82) is 0 Å². The van der Waals surface area contributed by atoms with E-state index in [9.17, 15) is 0 Å². The number of fused-ring (bicyclic) bond motifs is 1. The van der Waals surface area contributed by atoms with Crippen LogP contribution in [-0.2, 0) is 12.3 Å². The molecule has 0 saturated carbocycles. The lowest BCUT2D eigenvalue weighted by Crippen LogP contribution is -2.12. The second-order valence-corrected chi connectivity index (χ2v) is 7.82. The van der Waals surface area contributed by atoms with E-state index in [1.807, 2.05) is 70.8 Å². The molecule has 6 nitrogen and oxygen atoms in total. The van der Waals surface area contributed by atoms with Crippen molar-refractivity contribution in [2.75, 3.05) is 0 Å². The van der Waals surface area contributed by atoms with Gasteiger partial charge in [-0.05, 0) is 37.3 Å². The first-order valence-electron chi connectivity index (χ1n) is 9.15. The predicted molar refractivity (Wildman–Crippen MR) is 115 cm³/mol. The topological polar surface area (TPSA) is 57.2 Å². The minimum Gasteiger partial charge on any atom is -0.483 e. The standard InChI is InChI=1S/C21H20ClN5OS/c1-3-10-27-20(15(2)28-18-8-6-7-16(22)12-18)24-25-21(27)29-14-17-13-26-11-5-4-9-19(26)23-17/h3-9,11-13,15H,1,10,14H2,2H3. The lowest BCUT2D eigenvalue weighted by Gasteiger charge is -2.15. The molecule has 0 spiro atoms. The fraction of sp³-hybridized carbons (Fsp3) is 0.190. The highest BCUT2D eigenvalue weighted by Crippen LogP contribution is 2.27. The maximum absolute atomic E-state index is 6.05. The summed E-state index contributed by atoms with van der Waals surface area (Å²) in [5.41, 5.74) is 1.92. The number of hydrogen-bond acceptors (Lipinski definition) is 5. The number of rotatable bonds is 8. The van der Waals surface area contributed by atoms with E-state index < -0.39 is 0 Å². The normalized spacial score (nSPS) is 12.2. The highest BCUT2D eigenvalue weighted by molar-refractivity contribution is 7.98. The summed E-state index contributed by atoms with van der Waals surface area (Å²) >= 11 is 7.64. The van der Waals surface area contributed by atoms with Gasteiger partial charge in [0.15, 0.2) is 17.1 Å². The van der Waals surface area contributed by atoms with Gasteiger partial charge in [-0.15, -0.1) is 16.8 Å². The maximum atomic E-state index is 6.05. The number of pyridine rings is 1. The van der Waals surface area contributed by atoms with Crippen LogP contribution in [0, 0.1) is 0 Å². The van der Waals surface area contributed by atoms with Crippen LogP contribution in [0.25, 0.3) is 5.65 Å². The van der Waals surface area contributed by atoms with Crippen LogP contribution in [0.5, 0.6) is 5.75 Å². The van der Waals surface area contributed by atoms with E-state index in [0.29, 0.717) is 23.1 Å². The summed E-state index contributed by atoms with van der Waals surface area (Å²) in [5.74, 6) is 2.12. The Kier molecular flexibility index (Phi) is 5.87. The maximum Gasteiger partial charge on any atom is 0.192 e. The van der Waals surface area contributed by atoms with Crippen molar-refractivity contribution in [2.24, 2.45) is 0 Å². The zero-order chi connectivity index (χ0) is 20.2. The van der Waals surface area contributed by atoms with E-state index in [-0.39, 0.29) is 6.10 Å². The van der Waals surface area contributed by atoms with Gasteiger partial charge >= 0.3 is 0 Å². The van der Waals surface area contributed by atoms with E-state index >= 15 is 0 Å². The number of nitrogens with zero attached hydrogens (tertiary/aromatic N) is 5. The van der Waals surface area contributed by atoms with Crippen LogP contribution in [0.2, 0.25) is 5.02 Å². The zero-order valence-electron chi connectivity index (χ0n) is 15.9. The summed E-state index contributed by atoms with van der Waals surface area (Å²) < 4.78 is 10.0. The van der Waals surface area contributed by atoms with Crippen LogP contribution in [-0.4, -0.2) is 24.1 Å². The first-order valence-corrected chi connectivity index (χ1v) is 10.5. The average molecular weight is 426 g/mol. The number of ether oxygens (including phenoxy) is 1. The second kappa shape index (κ2) is 8.71. The first-order chi connectivity index (χ1) is 14.1. The highest BCUT2D eigenvalue weighted by Gasteiger charge is 2.19. The zero-order valence-corrected chi connectivity index (χ0v) is 17.5. The van der Waals surface area contributed by atoms with Crippen LogP contribution in [0.15, 0.2) is 72.7 Å². The molecule has 0 aliphatic rings. The molecule has 0 radical (unpaired) electrons. The Morgan fingerprint density at radius 1 is 1.24 bits per heavy atom. The molecule has 1 aromatic carbocycles. The van der Waals surface area contributed by atoms with Crippen molar-refractivity contribution >= 4 is 29.0 Å². The molecule has 0 N–H and O–H groups in total. The Morgan fingerprint density at radius 2 is 2.14 bits per heavy atom. The third-order valence-electron chi connectivity index (χ3n) is 4.29. The minimum atomic E-state index is -0.287. The predicted octanol–water partition coefficient (Wildman–Crippen LogP) is 5.20. The molecule has 148 valence electrons. The van der Waals surface area contributed by atoms with Crippen LogP contribution in [0.1, 0.15) is 24.5 Å². The summed E-state index contributed by atoms with van der Waals surface area (Å²) in [6.07, 6.45) is 5.56. The Balaban J connectivity index is 1.51. The second-order valence-electron chi connectivity index (χ2n) is 6.44. The Hall–Kier alpha value is -2.77. The molecule has 0 saturated heterocycles. The molecule has 4 aromatic rings. The number of benzene rings is 1. The molecule has 0 aliphatic carbocycles. The number of thioether (sulfide) groups is 1. The quantitative estimate of drug-likeness (QED) is 0.287. The number of halogens is 1. The van der Waals surface area contributed by atoms with Gasteiger partial charge in [0.05, 0.1) is 5.69 Å². The third kappa shape index (κ3) is 4.46. The van der Waals surface area contributed by atoms with Gasteiger partial charge in [0.2, 0.25) is 0 Å². The smallest absolute Gasteiger partial charge is 0.192 e. The Morgan fingerprint density at radius 3 is 2.93 bits per heavy atom. The fourth-order valence-corrected chi connectivity index (χ4v) is 4.02. The largest absolute Gasteiger partial charge is 0.483 e.